The van der Waals surface area contributed by atoms with Gasteiger partial charge in [0.25, 0.3) is 11.8 Å². The van der Waals surface area contributed by atoms with E-state index in [4.69, 9.17) is 13.9 Å². The molecule has 144 valence electrons. The van der Waals surface area contributed by atoms with Gasteiger partial charge in [-0.05, 0) is 45.4 Å². The lowest BCUT2D eigenvalue weighted by molar-refractivity contribution is -0.123. The van der Waals surface area contributed by atoms with E-state index in [0.29, 0.717) is 11.3 Å². The lowest BCUT2D eigenvalue weighted by Gasteiger charge is -2.08. The van der Waals surface area contributed by atoms with Crippen LogP contribution in [0.5, 0.6) is 0 Å². The molecule has 0 bridgehead atoms. The maximum Gasteiger partial charge on any atom is 0.355 e. The number of esters is 2. The summed E-state index contributed by atoms with van der Waals surface area (Å²) in [6, 6.07) is 2.88. The zero-order valence-electron chi connectivity index (χ0n) is 15.4. The van der Waals surface area contributed by atoms with Crippen molar-refractivity contribution in [1.29, 1.82) is 0 Å². The summed E-state index contributed by atoms with van der Waals surface area (Å²) < 4.78 is 14.9. The third-order valence-corrected chi connectivity index (χ3v) is 3.52. The van der Waals surface area contributed by atoms with Crippen LogP contribution in [0.25, 0.3) is 0 Å². The highest BCUT2D eigenvalue weighted by Crippen LogP contribution is 2.20. The molecule has 2 heterocycles. The Morgan fingerprint density at radius 1 is 1.19 bits per heavy atom. The molecule has 0 aliphatic rings. The second-order valence-electron chi connectivity index (χ2n) is 6.01. The topological polar surface area (TPSA) is 128 Å². The van der Waals surface area contributed by atoms with E-state index in [0.717, 1.165) is 0 Å². The maximum absolute atomic E-state index is 12.2. The fourth-order valence-corrected chi connectivity index (χ4v) is 2.37. The Labute approximate surface area is 155 Å². The lowest BCUT2D eigenvalue weighted by Crippen LogP contribution is -2.34. The number of carbonyl (C=O) groups excluding carboxylic acids is 4. The highest BCUT2D eigenvalue weighted by Gasteiger charge is 2.25. The smallest absolute Gasteiger partial charge is 0.355 e. The summed E-state index contributed by atoms with van der Waals surface area (Å²) in [6.07, 6.45) is 0.981. The minimum atomic E-state index is -0.834. The van der Waals surface area contributed by atoms with Crippen molar-refractivity contribution in [3.05, 3.63) is 46.7 Å². The van der Waals surface area contributed by atoms with Gasteiger partial charge in [0.05, 0.1) is 17.9 Å². The first kappa shape index (κ1) is 20.0. The average Bonchev–Trinajstić information content (AvgIpc) is 3.20. The summed E-state index contributed by atoms with van der Waals surface area (Å²) >= 11 is 0. The van der Waals surface area contributed by atoms with Crippen molar-refractivity contribution in [2.75, 3.05) is 6.61 Å². The number of imide groups is 1. The van der Waals surface area contributed by atoms with E-state index >= 15 is 0 Å². The number of hydrogen-bond acceptors (Lipinski definition) is 7. The molecule has 0 radical (unpaired) electrons. The molecule has 2 N–H and O–H groups in total. The number of H-pyrrole nitrogens is 1. The molecule has 0 aliphatic carbocycles. The van der Waals surface area contributed by atoms with E-state index in [1.807, 2.05) is 5.32 Å². The molecule has 0 atom stereocenters. The van der Waals surface area contributed by atoms with Gasteiger partial charge in [0.1, 0.15) is 5.69 Å². The molecule has 0 saturated carbocycles. The van der Waals surface area contributed by atoms with Gasteiger partial charge in [0.15, 0.2) is 12.4 Å². The van der Waals surface area contributed by atoms with Gasteiger partial charge in [0.2, 0.25) is 0 Å². The molecule has 2 aromatic heterocycles. The van der Waals surface area contributed by atoms with Crippen LogP contribution in [-0.4, -0.2) is 41.4 Å². The van der Waals surface area contributed by atoms with Crippen LogP contribution in [0.15, 0.2) is 22.8 Å². The summed E-state index contributed by atoms with van der Waals surface area (Å²) in [6.45, 7) is 5.95. The molecule has 9 nitrogen and oxygen atoms in total. The summed E-state index contributed by atoms with van der Waals surface area (Å²) in [5.74, 6) is -2.99. The van der Waals surface area contributed by atoms with Crippen LogP contribution in [0.3, 0.4) is 0 Å². The molecule has 9 heteroatoms. The van der Waals surface area contributed by atoms with Crippen LogP contribution in [0, 0.1) is 13.8 Å². The Hall–Kier alpha value is -3.36. The van der Waals surface area contributed by atoms with E-state index < -0.39 is 30.4 Å². The van der Waals surface area contributed by atoms with Crippen molar-refractivity contribution >= 4 is 23.8 Å². The van der Waals surface area contributed by atoms with Crippen LogP contribution < -0.4 is 5.32 Å². The van der Waals surface area contributed by atoms with Gasteiger partial charge in [-0.15, -0.1) is 0 Å². The minimum absolute atomic E-state index is 0.0355. The molecule has 27 heavy (non-hydrogen) atoms. The van der Waals surface area contributed by atoms with Crippen molar-refractivity contribution in [1.82, 2.24) is 10.3 Å². The van der Waals surface area contributed by atoms with Gasteiger partial charge in [-0.25, -0.2) is 9.59 Å². The third kappa shape index (κ3) is 4.84. The van der Waals surface area contributed by atoms with Crippen molar-refractivity contribution in [2.45, 2.75) is 33.8 Å². The number of hydrogen-bond donors (Lipinski definition) is 2. The Balaban J connectivity index is 1.99. The van der Waals surface area contributed by atoms with Crippen LogP contribution in [0.4, 0.5) is 0 Å². The predicted octanol–water partition coefficient (Wildman–Crippen LogP) is 1.90. The first-order valence-corrected chi connectivity index (χ1v) is 8.15. The molecule has 0 aromatic carbocycles. The van der Waals surface area contributed by atoms with Gasteiger partial charge in [-0.2, -0.15) is 0 Å². The Morgan fingerprint density at radius 2 is 1.89 bits per heavy atom. The van der Waals surface area contributed by atoms with E-state index in [9.17, 15) is 19.2 Å². The zero-order chi connectivity index (χ0) is 20.1. The first-order valence-electron chi connectivity index (χ1n) is 8.15. The summed E-state index contributed by atoms with van der Waals surface area (Å²) in [5, 5.41) is 2.03. The van der Waals surface area contributed by atoms with E-state index in [2.05, 4.69) is 4.98 Å². The normalized spacial score (nSPS) is 10.6. The summed E-state index contributed by atoms with van der Waals surface area (Å²) in [4.78, 5) is 50.5. The number of furan rings is 1. The molecule has 0 fully saturated rings. The van der Waals surface area contributed by atoms with Crippen molar-refractivity contribution < 1.29 is 33.1 Å². The standard InChI is InChI=1S/C18H20N2O7/c1-9(2)27-17(23)14-10(3)15(19-11(14)4)18(24)26-8-13(21)20-16(22)12-6-5-7-25-12/h5-7,9,19H,8H2,1-4H3,(H,20,21,22). The molecule has 2 aromatic rings. The molecule has 0 unspecified atom stereocenters. The van der Waals surface area contributed by atoms with E-state index in [1.165, 1.54) is 18.4 Å². The number of amides is 2. The molecule has 0 aliphatic heterocycles. The number of nitrogens with one attached hydrogen (secondary N) is 2. The molecular weight excluding hydrogens is 356 g/mol. The second kappa shape index (κ2) is 8.35. The van der Waals surface area contributed by atoms with Gasteiger partial charge in [-0.3, -0.25) is 14.9 Å². The Bertz CT molecular complexity index is 863. The van der Waals surface area contributed by atoms with Gasteiger partial charge in [-0.1, -0.05) is 0 Å². The van der Waals surface area contributed by atoms with Crippen LogP contribution in [-0.2, 0) is 14.3 Å². The predicted molar refractivity (Wildman–Crippen MR) is 92.3 cm³/mol. The van der Waals surface area contributed by atoms with E-state index in [1.54, 1.807) is 27.7 Å². The number of aromatic amines is 1. The first-order chi connectivity index (χ1) is 12.7. The SMILES string of the molecule is Cc1[nH]c(C(=O)OCC(=O)NC(=O)c2ccco2)c(C)c1C(=O)OC(C)C. The lowest BCUT2D eigenvalue weighted by atomic mass is 10.1. The Morgan fingerprint density at radius 3 is 2.48 bits per heavy atom. The van der Waals surface area contributed by atoms with Gasteiger partial charge >= 0.3 is 11.9 Å². The van der Waals surface area contributed by atoms with Crippen LogP contribution >= 0.6 is 0 Å². The van der Waals surface area contributed by atoms with Crippen molar-refractivity contribution in [3.63, 3.8) is 0 Å². The molecule has 2 rings (SSSR count). The third-order valence-electron chi connectivity index (χ3n) is 3.52. The number of carbonyl (C=O) groups is 4. The monoisotopic (exact) mass is 376 g/mol. The van der Waals surface area contributed by atoms with Crippen LogP contribution in [0.1, 0.15) is 56.5 Å². The minimum Gasteiger partial charge on any atom is -0.459 e. The average molecular weight is 376 g/mol. The summed E-state index contributed by atoms with van der Waals surface area (Å²) in [5.41, 5.74) is 1.08. The van der Waals surface area contributed by atoms with E-state index in [-0.39, 0.29) is 23.1 Å². The number of rotatable bonds is 6. The highest BCUT2D eigenvalue weighted by molar-refractivity contribution is 6.04. The zero-order valence-corrected chi connectivity index (χ0v) is 15.4. The van der Waals surface area contributed by atoms with Gasteiger partial charge in [0, 0.05) is 5.69 Å². The maximum atomic E-state index is 12.2. The number of ether oxygens (including phenoxy) is 2. The van der Waals surface area contributed by atoms with Crippen molar-refractivity contribution in [2.24, 2.45) is 0 Å². The van der Waals surface area contributed by atoms with Crippen LogP contribution in [0.2, 0.25) is 0 Å². The molecule has 0 spiro atoms. The molecule has 2 amide bonds. The number of aryl methyl sites for hydroxylation is 1. The number of aromatic nitrogens is 1. The second-order valence-corrected chi connectivity index (χ2v) is 6.01. The fraction of sp³-hybridized carbons (Fsp3) is 0.333. The molecule has 0 saturated heterocycles. The molecular formula is C18H20N2O7. The van der Waals surface area contributed by atoms with Gasteiger partial charge < -0.3 is 18.9 Å². The quantitative estimate of drug-likeness (QED) is 0.737. The highest BCUT2D eigenvalue weighted by atomic mass is 16.5. The summed E-state index contributed by atoms with van der Waals surface area (Å²) in [7, 11) is 0. The van der Waals surface area contributed by atoms with Crippen molar-refractivity contribution in [3.8, 4) is 0 Å². The fourth-order valence-electron chi connectivity index (χ4n) is 2.37. The Kier molecular flexibility index (Phi) is 6.17. The largest absolute Gasteiger partial charge is 0.459 e.